The molecule has 2 atom stereocenters. The molecule has 0 bridgehead atoms. The zero-order valence-corrected chi connectivity index (χ0v) is 14.2. The lowest BCUT2D eigenvalue weighted by Crippen LogP contribution is -2.50. The van der Waals surface area contributed by atoms with Crippen molar-refractivity contribution in [3.63, 3.8) is 0 Å². The Bertz CT molecular complexity index is 485. The number of rotatable bonds is 8. The standard InChI is InChI=1S/C15H25FN2O5/c1-9(23-13(22)15(17-4)6-7-15)11(19)18(5)10(12(20)21)8-14(2,3)16/h9-10,17H,6-8H2,1-5H3,(H,20,21)/t9-,10+/m1/s1. The van der Waals surface area contributed by atoms with Gasteiger partial charge in [-0.15, -0.1) is 0 Å². The Morgan fingerprint density at radius 3 is 2.26 bits per heavy atom. The predicted octanol–water partition coefficient (Wildman–Crippen LogP) is 0.720. The van der Waals surface area contributed by atoms with Gasteiger partial charge in [-0.1, -0.05) is 0 Å². The third-order valence-electron chi connectivity index (χ3n) is 4.03. The zero-order chi connectivity index (χ0) is 18.0. The highest BCUT2D eigenvalue weighted by Gasteiger charge is 2.51. The number of carbonyl (C=O) groups is 3. The number of hydrogen-bond donors (Lipinski definition) is 2. The number of nitrogens with one attached hydrogen (secondary N) is 1. The molecule has 1 saturated carbocycles. The average molecular weight is 332 g/mol. The van der Waals surface area contributed by atoms with Gasteiger partial charge in [0, 0.05) is 13.5 Å². The Hall–Kier alpha value is -1.70. The molecule has 0 saturated heterocycles. The van der Waals surface area contributed by atoms with Crippen LogP contribution in [0.1, 0.15) is 40.0 Å². The highest BCUT2D eigenvalue weighted by Crippen LogP contribution is 2.36. The minimum atomic E-state index is -1.75. The average Bonchev–Trinajstić information content (AvgIpc) is 3.23. The summed E-state index contributed by atoms with van der Waals surface area (Å²) >= 11 is 0. The number of nitrogens with zero attached hydrogens (tertiary/aromatic N) is 1. The summed E-state index contributed by atoms with van der Waals surface area (Å²) in [5.74, 6) is -2.52. The minimum absolute atomic E-state index is 0.355. The van der Waals surface area contributed by atoms with E-state index < -0.39 is 41.2 Å². The second kappa shape index (κ2) is 6.82. The normalized spacial score (nSPS) is 18.7. The van der Waals surface area contributed by atoms with Crippen LogP contribution in [0.15, 0.2) is 0 Å². The van der Waals surface area contributed by atoms with Crippen molar-refractivity contribution in [2.45, 2.75) is 63.4 Å². The van der Waals surface area contributed by atoms with E-state index >= 15 is 0 Å². The molecule has 7 nitrogen and oxygen atoms in total. The van der Waals surface area contributed by atoms with Crippen LogP contribution in [-0.2, 0) is 19.1 Å². The summed E-state index contributed by atoms with van der Waals surface area (Å²) in [5.41, 5.74) is -2.48. The van der Waals surface area contributed by atoms with Crippen LogP contribution in [0, 0.1) is 0 Å². The van der Waals surface area contributed by atoms with E-state index in [2.05, 4.69) is 5.32 Å². The van der Waals surface area contributed by atoms with E-state index in [1.165, 1.54) is 27.8 Å². The number of carboxylic acids is 1. The van der Waals surface area contributed by atoms with Crippen LogP contribution < -0.4 is 5.32 Å². The molecule has 1 amide bonds. The van der Waals surface area contributed by atoms with Gasteiger partial charge in [0.1, 0.15) is 17.2 Å². The number of alkyl halides is 1. The summed E-state index contributed by atoms with van der Waals surface area (Å²) in [6.07, 6.45) is -0.228. The second-order valence-corrected chi connectivity index (χ2v) is 6.61. The molecule has 1 fully saturated rings. The first-order chi connectivity index (χ1) is 10.4. The van der Waals surface area contributed by atoms with Crippen molar-refractivity contribution in [3.8, 4) is 0 Å². The second-order valence-electron chi connectivity index (χ2n) is 6.61. The molecule has 0 aromatic heterocycles. The van der Waals surface area contributed by atoms with Crippen molar-refractivity contribution >= 4 is 17.8 Å². The van der Waals surface area contributed by atoms with Gasteiger partial charge in [0.2, 0.25) is 0 Å². The zero-order valence-electron chi connectivity index (χ0n) is 14.2. The highest BCUT2D eigenvalue weighted by atomic mass is 19.1. The van der Waals surface area contributed by atoms with E-state index in [0.29, 0.717) is 12.8 Å². The molecule has 0 spiro atoms. The van der Waals surface area contributed by atoms with Gasteiger partial charge >= 0.3 is 11.9 Å². The number of amides is 1. The Balaban J connectivity index is 2.73. The van der Waals surface area contributed by atoms with Gasteiger partial charge < -0.3 is 20.1 Å². The predicted molar refractivity (Wildman–Crippen MR) is 80.6 cm³/mol. The van der Waals surface area contributed by atoms with Gasteiger partial charge in [-0.3, -0.25) is 9.59 Å². The Labute approximate surface area is 135 Å². The maximum atomic E-state index is 13.7. The molecule has 0 heterocycles. The summed E-state index contributed by atoms with van der Waals surface area (Å²) in [6, 6.07) is -1.33. The molecule has 132 valence electrons. The Morgan fingerprint density at radius 1 is 1.39 bits per heavy atom. The lowest BCUT2D eigenvalue weighted by molar-refractivity contribution is -0.164. The summed E-state index contributed by atoms with van der Waals surface area (Å²) in [6.45, 7) is 3.87. The Kier molecular flexibility index (Phi) is 5.74. The first kappa shape index (κ1) is 19.3. The van der Waals surface area contributed by atoms with Gasteiger partial charge in [0.25, 0.3) is 5.91 Å². The number of likely N-dealkylation sites (N-methyl/N-ethyl adjacent to an activating group) is 2. The van der Waals surface area contributed by atoms with Crippen molar-refractivity contribution in [2.24, 2.45) is 0 Å². The SMILES string of the molecule is CNC1(C(=O)O[C@H](C)C(=O)N(C)[C@@H](CC(C)(C)F)C(=O)O)CC1. The molecular formula is C15H25FN2O5. The number of carboxylic acid groups (broad SMARTS) is 1. The number of halogens is 1. The third-order valence-corrected chi connectivity index (χ3v) is 4.03. The third kappa shape index (κ3) is 4.89. The number of hydrogen-bond acceptors (Lipinski definition) is 5. The Morgan fingerprint density at radius 2 is 1.91 bits per heavy atom. The van der Waals surface area contributed by atoms with E-state index in [0.717, 1.165) is 4.90 Å². The van der Waals surface area contributed by atoms with Crippen LogP contribution in [0.4, 0.5) is 4.39 Å². The van der Waals surface area contributed by atoms with Gasteiger partial charge in [0.15, 0.2) is 6.10 Å². The van der Waals surface area contributed by atoms with Crippen molar-refractivity contribution < 1.29 is 28.6 Å². The van der Waals surface area contributed by atoms with E-state index in [1.54, 1.807) is 7.05 Å². The maximum absolute atomic E-state index is 13.7. The number of aliphatic carboxylic acids is 1. The van der Waals surface area contributed by atoms with E-state index in [1.807, 2.05) is 0 Å². The molecule has 2 N–H and O–H groups in total. The summed E-state index contributed by atoms with van der Waals surface area (Å²) in [7, 11) is 2.90. The number of esters is 1. The molecule has 1 aliphatic rings. The van der Waals surface area contributed by atoms with Crippen LogP contribution in [0.5, 0.6) is 0 Å². The lowest BCUT2D eigenvalue weighted by atomic mass is 9.99. The fourth-order valence-corrected chi connectivity index (χ4v) is 2.29. The van der Waals surface area contributed by atoms with Crippen molar-refractivity contribution in [3.05, 3.63) is 0 Å². The van der Waals surface area contributed by atoms with Gasteiger partial charge in [-0.05, 0) is 40.7 Å². The van der Waals surface area contributed by atoms with Crippen LogP contribution >= 0.6 is 0 Å². The van der Waals surface area contributed by atoms with Crippen LogP contribution in [0.2, 0.25) is 0 Å². The van der Waals surface area contributed by atoms with E-state index in [9.17, 15) is 23.9 Å². The van der Waals surface area contributed by atoms with Gasteiger partial charge in [-0.2, -0.15) is 0 Å². The quantitative estimate of drug-likeness (QED) is 0.636. The number of carbonyl (C=O) groups excluding carboxylic acids is 2. The monoisotopic (exact) mass is 332 g/mol. The molecule has 1 rings (SSSR count). The van der Waals surface area contributed by atoms with Crippen LogP contribution in [0.3, 0.4) is 0 Å². The minimum Gasteiger partial charge on any atom is -0.480 e. The van der Waals surface area contributed by atoms with Crippen molar-refractivity contribution in [1.29, 1.82) is 0 Å². The van der Waals surface area contributed by atoms with E-state index in [4.69, 9.17) is 4.74 Å². The molecule has 0 aromatic rings. The van der Waals surface area contributed by atoms with Crippen molar-refractivity contribution in [2.75, 3.05) is 14.1 Å². The highest BCUT2D eigenvalue weighted by molar-refractivity contribution is 5.90. The molecule has 8 heteroatoms. The molecule has 0 radical (unpaired) electrons. The molecular weight excluding hydrogens is 307 g/mol. The maximum Gasteiger partial charge on any atom is 0.327 e. The first-order valence-corrected chi connectivity index (χ1v) is 7.52. The van der Waals surface area contributed by atoms with Crippen LogP contribution in [0.25, 0.3) is 0 Å². The summed E-state index contributed by atoms with van der Waals surface area (Å²) in [5, 5.41) is 12.1. The van der Waals surface area contributed by atoms with Gasteiger partial charge in [0.05, 0.1) is 0 Å². The largest absolute Gasteiger partial charge is 0.480 e. The van der Waals surface area contributed by atoms with Crippen LogP contribution in [-0.4, -0.2) is 65.3 Å². The summed E-state index contributed by atoms with van der Waals surface area (Å²) < 4.78 is 18.9. The number of ether oxygens (including phenoxy) is 1. The molecule has 1 aliphatic carbocycles. The first-order valence-electron chi connectivity index (χ1n) is 7.52. The molecule has 0 aliphatic heterocycles. The lowest BCUT2D eigenvalue weighted by Gasteiger charge is -2.30. The van der Waals surface area contributed by atoms with Crippen molar-refractivity contribution in [1.82, 2.24) is 10.2 Å². The molecule has 0 unspecified atom stereocenters. The fraction of sp³-hybridized carbons (Fsp3) is 0.800. The van der Waals surface area contributed by atoms with E-state index in [-0.39, 0.29) is 6.42 Å². The topological polar surface area (TPSA) is 95.9 Å². The fourth-order valence-electron chi connectivity index (χ4n) is 2.29. The molecule has 23 heavy (non-hydrogen) atoms. The smallest absolute Gasteiger partial charge is 0.327 e. The summed E-state index contributed by atoms with van der Waals surface area (Å²) in [4.78, 5) is 36.5. The van der Waals surface area contributed by atoms with Gasteiger partial charge in [-0.25, -0.2) is 9.18 Å². The molecule has 0 aromatic carbocycles.